The maximum atomic E-state index is 12.6. The fourth-order valence-electron chi connectivity index (χ4n) is 12.8. The molecule has 0 aromatic rings. The molecule has 2 unspecified atom stereocenters. The van der Waals surface area contributed by atoms with Gasteiger partial charge in [0.1, 0.15) is 0 Å². The molecule has 0 bridgehead atoms. The normalized spacial score (nSPS) is 12.5. The highest BCUT2D eigenvalue weighted by Gasteiger charge is 2.20. The summed E-state index contributed by atoms with van der Waals surface area (Å²) < 4.78 is 5.52. The van der Waals surface area contributed by atoms with E-state index in [0.29, 0.717) is 25.9 Å². The standard InChI is InChI=1S/C79H155NO5/c1-3-5-7-9-11-13-15-17-19-21-23-24-25-29-32-36-39-43-47-51-55-59-63-67-71-77(82)76(75-81)80-78(83)72-68-64-60-56-52-48-44-40-37-33-30-27-26-28-31-34-38-42-46-50-54-58-62-66-70-74-85-79(84)73-69-65-61-57-53-49-45-41-35-22-20-18-16-14-12-10-8-6-4-2/h18,20,76-77,81-82H,3-17,19,21-75H2,1-2H3,(H,80,83)/b20-18-. The van der Waals surface area contributed by atoms with Crippen LogP contribution in [0.5, 0.6) is 0 Å². The zero-order valence-corrected chi connectivity index (χ0v) is 58.1. The second-order valence-corrected chi connectivity index (χ2v) is 27.4. The minimum absolute atomic E-state index is 0.0176. The lowest BCUT2D eigenvalue weighted by molar-refractivity contribution is -0.143. The van der Waals surface area contributed by atoms with Crippen LogP contribution in [0.2, 0.25) is 0 Å². The van der Waals surface area contributed by atoms with Crippen molar-refractivity contribution in [1.29, 1.82) is 0 Å². The quantitative estimate of drug-likeness (QED) is 0.0320. The predicted octanol–water partition coefficient (Wildman–Crippen LogP) is 25.9. The average molecular weight is 1200 g/mol. The van der Waals surface area contributed by atoms with Gasteiger partial charge in [-0.3, -0.25) is 9.59 Å². The van der Waals surface area contributed by atoms with E-state index in [2.05, 4.69) is 31.3 Å². The van der Waals surface area contributed by atoms with Crippen molar-refractivity contribution in [2.75, 3.05) is 13.2 Å². The van der Waals surface area contributed by atoms with Crippen LogP contribution in [0.1, 0.15) is 457 Å². The van der Waals surface area contributed by atoms with Gasteiger partial charge in [0.05, 0.1) is 25.4 Å². The van der Waals surface area contributed by atoms with E-state index < -0.39 is 12.1 Å². The molecule has 0 heterocycles. The van der Waals surface area contributed by atoms with Gasteiger partial charge in [0, 0.05) is 12.8 Å². The van der Waals surface area contributed by atoms with Gasteiger partial charge in [0.25, 0.3) is 0 Å². The Balaban J connectivity index is 3.35. The number of nitrogens with one attached hydrogen (secondary N) is 1. The van der Waals surface area contributed by atoms with E-state index in [0.717, 1.165) is 38.5 Å². The van der Waals surface area contributed by atoms with Crippen molar-refractivity contribution >= 4 is 11.9 Å². The van der Waals surface area contributed by atoms with Crippen LogP contribution in [0.15, 0.2) is 12.2 Å². The molecule has 85 heavy (non-hydrogen) atoms. The van der Waals surface area contributed by atoms with Crippen LogP contribution in [0.3, 0.4) is 0 Å². The summed E-state index contributed by atoms with van der Waals surface area (Å²) in [5.41, 5.74) is 0. The fourth-order valence-corrected chi connectivity index (χ4v) is 12.8. The van der Waals surface area contributed by atoms with E-state index in [4.69, 9.17) is 4.74 Å². The van der Waals surface area contributed by atoms with Crippen molar-refractivity contribution in [2.45, 2.75) is 469 Å². The number of hydrogen-bond acceptors (Lipinski definition) is 5. The van der Waals surface area contributed by atoms with Crippen LogP contribution in [-0.4, -0.2) is 47.4 Å². The molecule has 6 nitrogen and oxygen atoms in total. The molecule has 3 N–H and O–H groups in total. The molecule has 0 aromatic heterocycles. The summed E-state index contributed by atoms with van der Waals surface area (Å²) in [5.74, 6) is -0.00950. The van der Waals surface area contributed by atoms with Crippen molar-refractivity contribution in [2.24, 2.45) is 0 Å². The number of amides is 1. The Morgan fingerprint density at radius 1 is 0.318 bits per heavy atom. The minimum Gasteiger partial charge on any atom is -0.466 e. The molecule has 0 aromatic carbocycles. The third-order valence-electron chi connectivity index (χ3n) is 18.8. The predicted molar refractivity (Wildman–Crippen MR) is 375 cm³/mol. The Bertz CT molecular complexity index is 1290. The Hall–Kier alpha value is -1.40. The second-order valence-electron chi connectivity index (χ2n) is 27.4. The first-order valence-corrected chi connectivity index (χ1v) is 39.4. The highest BCUT2D eigenvalue weighted by atomic mass is 16.5. The summed E-state index contributed by atoms with van der Waals surface area (Å²) in [5, 5.41) is 23.5. The summed E-state index contributed by atoms with van der Waals surface area (Å²) in [6.07, 6.45) is 94.3. The molecule has 0 aliphatic carbocycles. The van der Waals surface area contributed by atoms with Crippen molar-refractivity contribution in [1.82, 2.24) is 5.32 Å². The van der Waals surface area contributed by atoms with E-state index >= 15 is 0 Å². The number of ether oxygens (including phenoxy) is 1. The number of hydrogen-bond donors (Lipinski definition) is 3. The monoisotopic (exact) mass is 1200 g/mol. The van der Waals surface area contributed by atoms with Gasteiger partial charge >= 0.3 is 5.97 Å². The molecule has 6 heteroatoms. The number of aliphatic hydroxyl groups is 2. The molecule has 0 aliphatic rings. The number of allylic oxidation sites excluding steroid dienone is 2. The molecular weight excluding hydrogens is 1040 g/mol. The maximum absolute atomic E-state index is 12.6. The topological polar surface area (TPSA) is 95.9 Å². The van der Waals surface area contributed by atoms with Gasteiger partial charge in [-0.2, -0.15) is 0 Å². The summed E-state index contributed by atoms with van der Waals surface area (Å²) in [4.78, 5) is 24.7. The number of aliphatic hydroxyl groups excluding tert-OH is 2. The van der Waals surface area contributed by atoms with Gasteiger partial charge in [-0.05, 0) is 51.4 Å². The molecule has 0 rings (SSSR count). The van der Waals surface area contributed by atoms with Crippen molar-refractivity contribution in [3.63, 3.8) is 0 Å². The number of esters is 1. The average Bonchev–Trinajstić information content (AvgIpc) is 3.51. The first kappa shape index (κ1) is 83.6. The molecular formula is C79H155NO5. The van der Waals surface area contributed by atoms with Crippen LogP contribution in [-0.2, 0) is 14.3 Å². The molecule has 0 radical (unpaired) electrons. The van der Waals surface area contributed by atoms with Crippen LogP contribution >= 0.6 is 0 Å². The Morgan fingerprint density at radius 3 is 0.835 bits per heavy atom. The molecule has 0 saturated carbocycles. The number of carbonyl (C=O) groups excluding carboxylic acids is 2. The van der Waals surface area contributed by atoms with Crippen molar-refractivity contribution < 1.29 is 24.5 Å². The maximum Gasteiger partial charge on any atom is 0.305 e. The first-order chi connectivity index (χ1) is 42.0. The smallest absolute Gasteiger partial charge is 0.305 e. The number of rotatable bonds is 75. The van der Waals surface area contributed by atoms with Crippen LogP contribution in [0, 0.1) is 0 Å². The van der Waals surface area contributed by atoms with Gasteiger partial charge in [-0.15, -0.1) is 0 Å². The molecule has 0 fully saturated rings. The van der Waals surface area contributed by atoms with Crippen LogP contribution in [0.25, 0.3) is 0 Å². The molecule has 506 valence electrons. The summed E-state index contributed by atoms with van der Waals surface area (Å²) in [6, 6.07) is -0.541. The summed E-state index contributed by atoms with van der Waals surface area (Å²) in [7, 11) is 0. The van der Waals surface area contributed by atoms with Crippen LogP contribution in [0.4, 0.5) is 0 Å². The Morgan fingerprint density at radius 2 is 0.553 bits per heavy atom. The highest BCUT2D eigenvalue weighted by molar-refractivity contribution is 5.76. The fraction of sp³-hybridized carbons (Fsp3) is 0.949. The van der Waals surface area contributed by atoms with E-state index in [9.17, 15) is 19.8 Å². The first-order valence-electron chi connectivity index (χ1n) is 39.4. The van der Waals surface area contributed by atoms with Crippen molar-refractivity contribution in [3.8, 4) is 0 Å². The molecule has 1 amide bonds. The SMILES string of the molecule is CCCCCCCC/C=C\CCCCCCCCCCCC(=O)OCCCCCCCCCCCCCCCCCCCCCCCCCCCC(=O)NC(CO)C(O)CCCCCCCCCCCCCCCCCCCCCCCCCC. The van der Waals surface area contributed by atoms with E-state index in [1.54, 1.807) is 0 Å². The van der Waals surface area contributed by atoms with Crippen LogP contribution < -0.4 is 5.32 Å². The lowest BCUT2D eigenvalue weighted by Gasteiger charge is -2.22. The van der Waals surface area contributed by atoms with Crippen molar-refractivity contribution in [3.05, 3.63) is 12.2 Å². The lowest BCUT2D eigenvalue weighted by atomic mass is 10.0. The molecule has 0 spiro atoms. The Labute approximate surface area is 533 Å². The van der Waals surface area contributed by atoms with E-state index in [1.165, 1.54) is 385 Å². The lowest BCUT2D eigenvalue weighted by Crippen LogP contribution is -2.45. The zero-order chi connectivity index (χ0) is 61.3. The Kier molecular flexibility index (Phi) is 73.8. The second kappa shape index (κ2) is 75.1. The third kappa shape index (κ3) is 71.6. The van der Waals surface area contributed by atoms with E-state index in [-0.39, 0.29) is 18.5 Å². The van der Waals surface area contributed by atoms with Gasteiger partial charge in [0.2, 0.25) is 5.91 Å². The molecule has 0 aliphatic heterocycles. The van der Waals surface area contributed by atoms with Gasteiger partial charge in [-0.25, -0.2) is 0 Å². The summed E-state index contributed by atoms with van der Waals surface area (Å²) >= 11 is 0. The van der Waals surface area contributed by atoms with Gasteiger partial charge in [-0.1, -0.05) is 405 Å². The zero-order valence-electron chi connectivity index (χ0n) is 58.1. The minimum atomic E-state index is -0.664. The summed E-state index contributed by atoms with van der Waals surface area (Å²) in [6.45, 7) is 5.01. The third-order valence-corrected chi connectivity index (χ3v) is 18.8. The molecule has 2 atom stereocenters. The number of unbranched alkanes of at least 4 members (excludes halogenated alkanes) is 62. The van der Waals surface area contributed by atoms with Gasteiger partial charge < -0.3 is 20.3 Å². The highest BCUT2D eigenvalue weighted by Crippen LogP contribution is 2.20. The largest absolute Gasteiger partial charge is 0.466 e. The number of carbonyl (C=O) groups is 2. The van der Waals surface area contributed by atoms with E-state index in [1.807, 2.05) is 0 Å². The molecule has 0 saturated heterocycles. The van der Waals surface area contributed by atoms with Gasteiger partial charge in [0.15, 0.2) is 0 Å².